The Labute approximate surface area is 131 Å². The van der Waals surface area contributed by atoms with Gasteiger partial charge in [0.05, 0.1) is 6.10 Å². The predicted octanol–water partition coefficient (Wildman–Crippen LogP) is 4.67. The van der Waals surface area contributed by atoms with Crippen LogP contribution in [0.5, 0.6) is 5.75 Å². The van der Waals surface area contributed by atoms with Crippen LogP contribution in [0.2, 0.25) is 0 Å². The Hall–Kier alpha value is -1.45. The first-order valence-corrected chi connectivity index (χ1v) is 8.26. The van der Waals surface area contributed by atoms with E-state index in [4.69, 9.17) is 4.74 Å². The standard InChI is InChI=1S/C18H22O2S/c1-4-21-17-11-7-15(8-12-17)18(19)14-5-9-16(10-6-14)20-13(2)3/h5-13,18-19H,4H2,1-3H3. The van der Waals surface area contributed by atoms with Gasteiger partial charge in [-0.15, -0.1) is 11.8 Å². The first-order chi connectivity index (χ1) is 10.1. The van der Waals surface area contributed by atoms with E-state index in [1.54, 1.807) is 11.8 Å². The lowest BCUT2D eigenvalue weighted by atomic mass is 10.0. The smallest absolute Gasteiger partial charge is 0.119 e. The Bertz CT molecular complexity index is 546. The van der Waals surface area contributed by atoms with Crippen LogP contribution in [0.4, 0.5) is 0 Å². The van der Waals surface area contributed by atoms with Crippen molar-refractivity contribution >= 4 is 11.8 Å². The predicted molar refractivity (Wildman–Crippen MR) is 89.1 cm³/mol. The van der Waals surface area contributed by atoms with Gasteiger partial charge in [0.15, 0.2) is 0 Å². The van der Waals surface area contributed by atoms with E-state index in [0.29, 0.717) is 0 Å². The minimum absolute atomic E-state index is 0.157. The monoisotopic (exact) mass is 302 g/mol. The summed E-state index contributed by atoms with van der Waals surface area (Å²) in [6, 6.07) is 15.7. The highest BCUT2D eigenvalue weighted by atomic mass is 32.2. The lowest BCUT2D eigenvalue weighted by Gasteiger charge is -2.14. The van der Waals surface area contributed by atoms with E-state index in [1.165, 1.54) is 4.90 Å². The number of rotatable bonds is 6. The summed E-state index contributed by atoms with van der Waals surface area (Å²) in [6.07, 6.45) is -0.442. The fourth-order valence-corrected chi connectivity index (χ4v) is 2.77. The molecule has 2 aromatic carbocycles. The Balaban J connectivity index is 2.09. The normalized spacial score (nSPS) is 12.4. The van der Waals surface area contributed by atoms with E-state index in [-0.39, 0.29) is 6.10 Å². The van der Waals surface area contributed by atoms with Crippen LogP contribution in [0.3, 0.4) is 0 Å². The van der Waals surface area contributed by atoms with Gasteiger partial charge in [0.1, 0.15) is 11.9 Å². The van der Waals surface area contributed by atoms with Crippen molar-refractivity contribution in [3.05, 3.63) is 59.7 Å². The third-order valence-electron chi connectivity index (χ3n) is 3.07. The molecular weight excluding hydrogens is 280 g/mol. The maximum Gasteiger partial charge on any atom is 0.119 e. The third kappa shape index (κ3) is 4.51. The molecule has 1 unspecified atom stereocenters. The summed E-state index contributed by atoms with van der Waals surface area (Å²) < 4.78 is 5.61. The summed E-state index contributed by atoms with van der Waals surface area (Å²) in [5.41, 5.74) is 1.79. The fourth-order valence-electron chi connectivity index (χ4n) is 2.11. The SMILES string of the molecule is CCSc1ccc(C(O)c2ccc(OC(C)C)cc2)cc1. The molecule has 0 saturated heterocycles. The molecule has 0 bridgehead atoms. The molecule has 0 aromatic heterocycles. The van der Waals surface area contributed by atoms with E-state index in [0.717, 1.165) is 22.6 Å². The summed E-state index contributed by atoms with van der Waals surface area (Å²) in [4.78, 5) is 1.23. The van der Waals surface area contributed by atoms with Crippen LogP contribution in [-0.2, 0) is 0 Å². The number of benzene rings is 2. The van der Waals surface area contributed by atoms with E-state index < -0.39 is 6.10 Å². The second kappa shape index (κ2) is 7.53. The molecule has 0 aliphatic heterocycles. The summed E-state index contributed by atoms with van der Waals surface area (Å²) in [7, 11) is 0. The highest BCUT2D eigenvalue weighted by Gasteiger charge is 2.10. The molecule has 0 saturated carbocycles. The van der Waals surface area contributed by atoms with Crippen LogP contribution in [0.1, 0.15) is 38.0 Å². The second-order valence-corrected chi connectivity index (χ2v) is 6.48. The number of aliphatic hydroxyl groups excluding tert-OH is 1. The third-order valence-corrected chi connectivity index (χ3v) is 3.97. The molecule has 1 N–H and O–H groups in total. The zero-order chi connectivity index (χ0) is 15.2. The summed E-state index contributed by atoms with van der Waals surface area (Å²) in [5.74, 6) is 1.88. The maximum absolute atomic E-state index is 10.4. The average molecular weight is 302 g/mol. The number of ether oxygens (including phenoxy) is 1. The van der Waals surface area contributed by atoms with Crippen LogP contribution in [0.15, 0.2) is 53.4 Å². The van der Waals surface area contributed by atoms with Gasteiger partial charge in [-0.05, 0) is 55.0 Å². The molecule has 2 rings (SSSR count). The molecular formula is C18H22O2S. The van der Waals surface area contributed by atoms with E-state index >= 15 is 0 Å². The summed E-state index contributed by atoms with van der Waals surface area (Å²) in [5, 5.41) is 10.4. The molecule has 2 aromatic rings. The molecule has 0 heterocycles. The molecule has 3 heteroatoms. The van der Waals surface area contributed by atoms with Crippen molar-refractivity contribution in [2.75, 3.05) is 5.75 Å². The Morgan fingerprint density at radius 2 is 1.48 bits per heavy atom. The van der Waals surface area contributed by atoms with E-state index in [2.05, 4.69) is 19.1 Å². The minimum atomic E-state index is -0.598. The van der Waals surface area contributed by atoms with Crippen LogP contribution < -0.4 is 4.74 Å². The molecule has 112 valence electrons. The molecule has 0 radical (unpaired) electrons. The van der Waals surface area contributed by atoms with Crippen molar-refractivity contribution in [1.82, 2.24) is 0 Å². The van der Waals surface area contributed by atoms with Crippen molar-refractivity contribution in [3.63, 3.8) is 0 Å². The lowest BCUT2D eigenvalue weighted by Crippen LogP contribution is -2.06. The first kappa shape index (κ1) is 15.9. The molecule has 1 atom stereocenters. The van der Waals surface area contributed by atoms with Gasteiger partial charge < -0.3 is 9.84 Å². The van der Waals surface area contributed by atoms with Crippen molar-refractivity contribution < 1.29 is 9.84 Å². The number of hydrogen-bond acceptors (Lipinski definition) is 3. The van der Waals surface area contributed by atoms with Gasteiger partial charge in [0.2, 0.25) is 0 Å². The first-order valence-electron chi connectivity index (χ1n) is 7.27. The van der Waals surface area contributed by atoms with Gasteiger partial charge in [-0.1, -0.05) is 31.2 Å². The van der Waals surface area contributed by atoms with Gasteiger partial charge in [0.25, 0.3) is 0 Å². The zero-order valence-corrected chi connectivity index (χ0v) is 13.6. The van der Waals surface area contributed by atoms with Gasteiger partial charge >= 0.3 is 0 Å². The second-order valence-electron chi connectivity index (χ2n) is 5.14. The average Bonchev–Trinajstić information content (AvgIpc) is 2.48. The molecule has 0 aliphatic carbocycles. The van der Waals surface area contributed by atoms with E-state index in [9.17, 15) is 5.11 Å². The molecule has 0 amide bonds. The van der Waals surface area contributed by atoms with E-state index in [1.807, 2.05) is 50.2 Å². The van der Waals surface area contributed by atoms with Crippen LogP contribution in [0, 0.1) is 0 Å². The van der Waals surface area contributed by atoms with Crippen molar-refractivity contribution in [1.29, 1.82) is 0 Å². The highest BCUT2D eigenvalue weighted by Crippen LogP contribution is 2.26. The molecule has 2 nitrogen and oxygen atoms in total. The Kier molecular flexibility index (Phi) is 5.71. The molecule has 21 heavy (non-hydrogen) atoms. The molecule has 0 fully saturated rings. The van der Waals surface area contributed by atoms with Crippen LogP contribution >= 0.6 is 11.8 Å². The van der Waals surface area contributed by atoms with Gasteiger partial charge in [-0.2, -0.15) is 0 Å². The molecule has 0 spiro atoms. The van der Waals surface area contributed by atoms with Crippen molar-refractivity contribution in [2.45, 2.75) is 37.9 Å². The van der Waals surface area contributed by atoms with Crippen molar-refractivity contribution in [2.24, 2.45) is 0 Å². The largest absolute Gasteiger partial charge is 0.491 e. The maximum atomic E-state index is 10.4. The van der Waals surface area contributed by atoms with Gasteiger partial charge in [-0.25, -0.2) is 0 Å². The van der Waals surface area contributed by atoms with Crippen molar-refractivity contribution in [3.8, 4) is 5.75 Å². The summed E-state index contributed by atoms with van der Waals surface area (Å²) in [6.45, 7) is 6.13. The zero-order valence-electron chi connectivity index (χ0n) is 12.7. The number of thioether (sulfide) groups is 1. The molecule has 0 aliphatic rings. The van der Waals surface area contributed by atoms with Gasteiger partial charge in [-0.3, -0.25) is 0 Å². The van der Waals surface area contributed by atoms with Gasteiger partial charge in [0, 0.05) is 4.90 Å². The lowest BCUT2D eigenvalue weighted by molar-refractivity contribution is 0.219. The Morgan fingerprint density at radius 3 is 1.95 bits per heavy atom. The number of aliphatic hydroxyl groups is 1. The van der Waals surface area contributed by atoms with Crippen LogP contribution in [-0.4, -0.2) is 17.0 Å². The minimum Gasteiger partial charge on any atom is -0.491 e. The Morgan fingerprint density at radius 1 is 0.952 bits per heavy atom. The highest BCUT2D eigenvalue weighted by molar-refractivity contribution is 7.99. The number of hydrogen-bond donors (Lipinski definition) is 1. The van der Waals surface area contributed by atoms with Crippen LogP contribution in [0.25, 0.3) is 0 Å². The topological polar surface area (TPSA) is 29.5 Å². The fraction of sp³-hybridized carbons (Fsp3) is 0.333. The quantitative estimate of drug-likeness (QED) is 0.786. The summed E-state index contributed by atoms with van der Waals surface area (Å²) >= 11 is 1.80.